The summed E-state index contributed by atoms with van der Waals surface area (Å²) in [7, 11) is 0. The molecule has 0 aliphatic heterocycles. The molecule has 0 unspecified atom stereocenters. The minimum atomic E-state index is 0.189. The van der Waals surface area contributed by atoms with Crippen LogP contribution in [0.3, 0.4) is 0 Å². The van der Waals surface area contributed by atoms with Gasteiger partial charge in [0.15, 0.2) is 0 Å². The smallest absolute Gasteiger partial charge is 0.0467 e. The van der Waals surface area contributed by atoms with Crippen molar-refractivity contribution in [1.29, 1.82) is 0 Å². The van der Waals surface area contributed by atoms with Gasteiger partial charge in [0.2, 0.25) is 0 Å². The van der Waals surface area contributed by atoms with Crippen molar-refractivity contribution in [2.24, 2.45) is 0 Å². The maximum absolute atomic E-state index is 2.33. The van der Waals surface area contributed by atoms with Crippen LogP contribution in [0.5, 0.6) is 0 Å². The lowest BCUT2D eigenvalue weighted by molar-refractivity contribution is 0.506. The van der Waals surface area contributed by atoms with E-state index in [4.69, 9.17) is 0 Å². The summed E-state index contributed by atoms with van der Waals surface area (Å²) in [4.78, 5) is 6.97. The monoisotopic (exact) mass is 1480 g/mol. The molecule has 0 saturated heterocycles. The van der Waals surface area contributed by atoms with Crippen LogP contribution in [0.25, 0.3) is 77.9 Å². The second-order valence-corrected chi connectivity index (χ2v) is 31.4. The van der Waals surface area contributed by atoms with Crippen LogP contribution in [-0.2, 0) is 16.2 Å². The zero-order valence-corrected chi connectivity index (χ0v) is 67.4. The van der Waals surface area contributed by atoms with E-state index in [9.17, 15) is 0 Å². The van der Waals surface area contributed by atoms with Crippen LogP contribution in [0, 0.1) is 0 Å². The van der Waals surface area contributed by atoms with Crippen LogP contribution in [-0.4, -0.2) is 0 Å². The third-order valence-corrected chi connectivity index (χ3v) is 23.0. The zero-order valence-electron chi connectivity index (χ0n) is 67.4. The molecule has 0 aromatic heterocycles. The first-order valence-electron chi connectivity index (χ1n) is 40.4. The molecule has 0 aliphatic rings. The molecular formula is C111H103N3. The molecule has 0 atom stereocenters. The summed E-state index contributed by atoms with van der Waals surface area (Å²) in [5.74, 6) is 0. The van der Waals surface area contributed by atoms with E-state index in [1.807, 2.05) is 0 Å². The van der Waals surface area contributed by atoms with Gasteiger partial charge in [-0.15, -0.1) is 0 Å². The van der Waals surface area contributed by atoms with Gasteiger partial charge in [0.25, 0.3) is 0 Å². The number of hydrogen-bond donors (Lipinski definition) is 0. The highest BCUT2D eigenvalue weighted by atomic mass is 15.2. The van der Waals surface area contributed by atoms with Gasteiger partial charge in [-0.3, -0.25) is 0 Å². The first-order chi connectivity index (χ1) is 55.6. The van der Waals surface area contributed by atoms with Gasteiger partial charge in [-0.25, -0.2) is 0 Å². The fraction of sp³-hybridized carbons (Fsp3) is 0.135. The van der Waals surface area contributed by atoms with Crippen molar-refractivity contribution in [2.45, 2.75) is 97.8 Å². The van der Waals surface area contributed by atoms with Crippen LogP contribution >= 0.6 is 0 Å². The average Bonchev–Trinajstić information content (AvgIpc) is 0.793. The Balaban J connectivity index is 0.000000142. The van der Waals surface area contributed by atoms with Crippen LogP contribution in [0.4, 0.5) is 51.2 Å². The van der Waals surface area contributed by atoms with Gasteiger partial charge in [0.05, 0.1) is 0 Å². The van der Waals surface area contributed by atoms with Crippen LogP contribution in [0.15, 0.2) is 425 Å². The Bertz CT molecular complexity index is 5550. The van der Waals surface area contributed by atoms with Crippen molar-refractivity contribution in [3.05, 3.63) is 441 Å². The molecule has 0 amide bonds. The summed E-state index contributed by atoms with van der Waals surface area (Å²) in [6.07, 6.45) is 3.37. The van der Waals surface area contributed by atoms with Gasteiger partial charge in [-0.05, 0) is 239 Å². The highest BCUT2D eigenvalue weighted by molar-refractivity contribution is 5.85. The number of anilines is 9. The molecule has 0 fully saturated rings. The Morgan fingerprint density at radius 3 is 0.509 bits per heavy atom. The van der Waals surface area contributed by atoms with Crippen LogP contribution < -0.4 is 14.7 Å². The van der Waals surface area contributed by atoms with E-state index in [-0.39, 0.29) is 16.2 Å². The summed E-state index contributed by atoms with van der Waals surface area (Å²) in [6, 6.07) is 153. The molecule has 16 aromatic rings. The third-order valence-electron chi connectivity index (χ3n) is 23.0. The van der Waals surface area contributed by atoms with Crippen molar-refractivity contribution in [1.82, 2.24) is 0 Å². The Labute approximate surface area is 678 Å². The number of para-hydroxylation sites is 2. The molecule has 3 heteroatoms. The molecule has 0 saturated carbocycles. The molecule has 3 nitrogen and oxygen atoms in total. The van der Waals surface area contributed by atoms with Gasteiger partial charge in [0.1, 0.15) is 0 Å². The third kappa shape index (κ3) is 18.6. The highest BCUT2D eigenvalue weighted by Gasteiger charge is 2.23. The molecule has 0 N–H and O–H groups in total. The van der Waals surface area contributed by atoms with E-state index in [1.54, 1.807) is 0 Å². The van der Waals surface area contributed by atoms with Gasteiger partial charge in [0, 0.05) is 51.2 Å². The molecule has 16 rings (SSSR count). The maximum Gasteiger partial charge on any atom is 0.0467 e. The second-order valence-electron chi connectivity index (χ2n) is 31.4. The number of hydrogen-bond acceptors (Lipinski definition) is 3. The molecule has 0 aliphatic carbocycles. The van der Waals surface area contributed by atoms with Crippen molar-refractivity contribution in [3.63, 3.8) is 0 Å². The molecule has 0 radical (unpaired) electrons. The number of benzene rings is 16. The number of rotatable bonds is 22. The topological polar surface area (TPSA) is 9.72 Å². The fourth-order valence-electron chi connectivity index (χ4n) is 14.6. The molecule has 0 spiro atoms. The Hall–Kier alpha value is -13.1. The summed E-state index contributed by atoms with van der Waals surface area (Å²) < 4.78 is 0. The second kappa shape index (κ2) is 35.9. The van der Waals surface area contributed by atoms with Gasteiger partial charge in [-0.2, -0.15) is 0 Å². The highest BCUT2D eigenvalue weighted by Crippen LogP contribution is 2.43. The Morgan fingerprint density at radius 1 is 0.149 bits per heavy atom. The molecule has 16 aromatic carbocycles. The standard InChI is InChI=1S/C41H37N.2C35H33N/c1-4-41(2,3)37-23-15-33(16-24-37)36-21-29-40(30-22-36)42(38-25-17-34(18-26-38)31-11-7-5-8-12-31)39-27-19-35(20-28-39)32-13-9-6-10-14-32;1-4-35(2,3)31-22-18-29(19-23-31)30-14-11-17-34(26-30)36(32-15-9-6-10-16-32)33-24-20-28(21-25-33)27-12-7-5-8-13-27;1-4-35(2,3)31-21-15-28(16-22-31)30-19-25-34(26-20-30)36(32-13-9-6-10-14-32)33-23-17-29(18-24-33)27-11-7-5-8-12-27/h5-30H,4H2,1-3H3;2*5-26H,4H2,1-3H3. The average molecular weight is 1480 g/mol. The molecule has 562 valence electrons. The summed E-state index contributed by atoms with van der Waals surface area (Å²) in [6.45, 7) is 20.6. The normalized spacial score (nSPS) is 11.3. The van der Waals surface area contributed by atoms with Crippen molar-refractivity contribution >= 4 is 51.2 Å². The van der Waals surface area contributed by atoms with Gasteiger partial charge < -0.3 is 14.7 Å². The van der Waals surface area contributed by atoms with Crippen molar-refractivity contribution in [3.8, 4) is 77.9 Å². The van der Waals surface area contributed by atoms with Crippen molar-refractivity contribution in [2.75, 3.05) is 14.7 Å². The Kier molecular flexibility index (Phi) is 24.5. The van der Waals surface area contributed by atoms with Crippen LogP contribution in [0.2, 0.25) is 0 Å². The van der Waals surface area contributed by atoms with Gasteiger partial charge >= 0.3 is 0 Å². The quantitative estimate of drug-likeness (QED) is 0.0670. The van der Waals surface area contributed by atoms with E-state index in [0.717, 1.165) is 70.4 Å². The van der Waals surface area contributed by atoms with E-state index in [0.29, 0.717) is 0 Å². The Morgan fingerprint density at radius 2 is 0.298 bits per heavy atom. The molecule has 0 heterocycles. The lowest BCUT2D eigenvalue weighted by atomic mass is 9.82. The SMILES string of the molecule is CCC(C)(C)c1ccc(-c2ccc(N(c3ccc(-c4ccccc4)cc3)c3ccc(-c4ccccc4)cc3)cc2)cc1.CCC(C)(C)c1ccc(-c2ccc(N(c3ccccc3)c3ccc(-c4ccccc4)cc3)cc2)cc1.CCC(C)(C)c1ccc(-c2cccc(N(c3ccccc3)c3ccc(-c4ccccc4)cc3)c2)cc1. The van der Waals surface area contributed by atoms with E-state index >= 15 is 0 Å². The molecule has 0 bridgehead atoms. The van der Waals surface area contributed by atoms with Gasteiger partial charge in [-0.1, -0.05) is 378 Å². The van der Waals surface area contributed by atoms with E-state index < -0.39 is 0 Å². The van der Waals surface area contributed by atoms with Crippen molar-refractivity contribution < 1.29 is 0 Å². The number of nitrogens with zero attached hydrogens (tertiary/aromatic N) is 3. The van der Waals surface area contributed by atoms with E-state index in [1.165, 1.54) is 94.6 Å². The molecule has 114 heavy (non-hydrogen) atoms. The lowest BCUT2D eigenvalue weighted by Gasteiger charge is -2.26. The first-order valence-corrected chi connectivity index (χ1v) is 40.4. The predicted octanol–water partition coefficient (Wildman–Crippen LogP) is 32.2. The summed E-state index contributed by atoms with van der Waals surface area (Å²) in [5.41, 5.74) is 32.1. The van der Waals surface area contributed by atoms with Crippen LogP contribution in [0.1, 0.15) is 98.3 Å². The molecular weight excluding hydrogens is 1380 g/mol. The summed E-state index contributed by atoms with van der Waals surface area (Å²) >= 11 is 0. The zero-order chi connectivity index (χ0) is 78.9. The largest absolute Gasteiger partial charge is 0.311 e. The van der Waals surface area contributed by atoms with E-state index in [2.05, 4.69) is 502 Å². The summed E-state index contributed by atoms with van der Waals surface area (Å²) in [5, 5.41) is 0. The fourth-order valence-corrected chi connectivity index (χ4v) is 14.6. The first kappa shape index (κ1) is 77.6. The minimum absolute atomic E-state index is 0.189. The predicted molar refractivity (Wildman–Crippen MR) is 491 cm³/mol. The maximum atomic E-state index is 2.33. The minimum Gasteiger partial charge on any atom is -0.311 e. The lowest BCUT2D eigenvalue weighted by Crippen LogP contribution is -2.14.